The molecule has 2 atom stereocenters. The number of benzene rings is 1. The van der Waals surface area contributed by atoms with Crippen molar-refractivity contribution in [1.29, 1.82) is 0 Å². The Balaban J connectivity index is 1.61. The van der Waals surface area contributed by atoms with Gasteiger partial charge in [-0.05, 0) is 35.9 Å². The van der Waals surface area contributed by atoms with E-state index in [1.165, 1.54) is 11.1 Å². The van der Waals surface area contributed by atoms with Crippen molar-refractivity contribution >= 4 is 5.91 Å². The zero-order valence-corrected chi connectivity index (χ0v) is 11.7. The van der Waals surface area contributed by atoms with Crippen molar-refractivity contribution in [3.63, 3.8) is 0 Å². The molecule has 1 heterocycles. The van der Waals surface area contributed by atoms with Gasteiger partial charge in [0.15, 0.2) is 0 Å². The van der Waals surface area contributed by atoms with Crippen LogP contribution in [0.15, 0.2) is 24.3 Å². The van der Waals surface area contributed by atoms with Crippen molar-refractivity contribution in [2.45, 2.75) is 32.7 Å². The smallest absolute Gasteiger partial charge is 0.223 e. The van der Waals surface area contributed by atoms with E-state index in [1.807, 2.05) is 0 Å². The molecule has 1 aromatic carbocycles. The standard InChI is InChI=1S/C16H22N2O/c1-16(2)9-13(16)15(19)18-10-14-12-6-4-3-5-11(12)7-8-17-14/h3-6,13-14,17H,7-10H2,1-2H3,(H,18,19). The topological polar surface area (TPSA) is 41.1 Å². The monoisotopic (exact) mass is 258 g/mol. The van der Waals surface area contributed by atoms with Crippen molar-refractivity contribution in [3.05, 3.63) is 35.4 Å². The lowest BCUT2D eigenvalue weighted by atomic mass is 9.94. The predicted molar refractivity (Wildman–Crippen MR) is 75.8 cm³/mol. The highest BCUT2D eigenvalue weighted by atomic mass is 16.2. The summed E-state index contributed by atoms with van der Waals surface area (Å²) in [4.78, 5) is 12.0. The molecule has 3 nitrogen and oxygen atoms in total. The maximum Gasteiger partial charge on any atom is 0.223 e. The highest BCUT2D eigenvalue weighted by Crippen LogP contribution is 2.51. The predicted octanol–water partition coefficient (Wildman–Crippen LogP) is 2.04. The lowest BCUT2D eigenvalue weighted by Gasteiger charge is -2.27. The Morgan fingerprint density at radius 3 is 2.89 bits per heavy atom. The number of carbonyl (C=O) groups excluding carboxylic acids is 1. The van der Waals surface area contributed by atoms with Crippen LogP contribution in [0.2, 0.25) is 0 Å². The summed E-state index contributed by atoms with van der Waals surface area (Å²) in [5, 5.41) is 6.61. The normalized spacial score (nSPS) is 27.5. The van der Waals surface area contributed by atoms with Crippen LogP contribution in [-0.4, -0.2) is 19.0 Å². The fraction of sp³-hybridized carbons (Fsp3) is 0.562. The number of fused-ring (bicyclic) bond motifs is 1. The Morgan fingerprint density at radius 2 is 2.16 bits per heavy atom. The van der Waals surface area contributed by atoms with Crippen LogP contribution in [0.25, 0.3) is 0 Å². The van der Waals surface area contributed by atoms with Gasteiger partial charge in [0.05, 0.1) is 0 Å². The Hall–Kier alpha value is -1.35. The molecule has 0 radical (unpaired) electrons. The van der Waals surface area contributed by atoms with Gasteiger partial charge in [0.25, 0.3) is 0 Å². The number of rotatable bonds is 3. The third-order valence-corrected chi connectivity index (χ3v) is 4.53. The summed E-state index contributed by atoms with van der Waals surface area (Å²) in [6, 6.07) is 8.78. The lowest BCUT2D eigenvalue weighted by molar-refractivity contribution is -0.123. The first-order chi connectivity index (χ1) is 9.08. The molecule has 1 aromatic rings. The maximum atomic E-state index is 12.0. The van der Waals surface area contributed by atoms with Gasteiger partial charge in [-0.25, -0.2) is 0 Å². The van der Waals surface area contributed by atoms with E-state index >= 15 is 0 Å². The fourth-order valence-corrected chi connectivity index (χ4v) is 3.02. The quantitative estimate of drug-likeness (QED) is 0.871. The molecule has 2 N–H and O–H groups in total. The zero-order valence-electron chi connectivity index (χ0n) is 11.7. The lowest BCUT2D eigenvalue weighted by Crippen LogP contribution is -2.39. The summed E-state index contributed by atoms with van der Waals surface area (Å²) in [5.74, 6) is 0.432. The van der Waals surface area contributed by atoms with Gasteiger partial charge >= 0.3 is 0 Å². The minimum absolute atomic E-state index is 0.210. The largest absolute Gasteiger partial charge is 0.354 e. The first-order valence-electron chi connectivity index (χ1n) is 7.17. The van der Waals surface area contributed by atoms with E-state index in [0.29, 0.717) is 6.54 Å². The third-order valence-electron chi connectivity index (χ3n) is 4.53. The van der Waals surface area contributed by atoms with E-state index in [-0.39, 0.29) is 23.3 Å². The van der Waals surface area contributed by atoms with Crippen molar-refractivity contribution in [1.82, 2.24) is 10.6 Å². The minimum Gasteiger partial charge on any atom is -0.354 e. The summed E-state index contributed by atoms with van der Waals surface area (Å²) in [6.45, 7) is 6.01. The first-order valence-corrected chi connectivity index (χ1v) is 7.17. The van der Waals surface area contributed by atoms with Crippen LogP contribution < -0.4 is 10.6 Å². The van der Waals surface area contributed by atoms with E-state index in [4.69, 9.17) is 0 Å². The third kappa shape index (κ3) is 2.52. The van der Waals surface area contributed by atoms with Crippen LogP contribution in [0.1, 0.15) is 37.4 Å². The minimum atomic E-state index is 0.210. The molecule has 2 unspecified atom stereocenters. The molecule has 0 bridgehead atoms. The Morgan fingerprint density at radius 1 is 1.42 bits per heavy atom. The van der Waals surface area contributed by atoms with Gasteiger partial charge in [0, 0.05) is 18.5 Å². The number of carbonyl (C=O) groups is 1. The zero-order chi connectivity index (χ0) is 13.5. The van der Waals surface area contributed by atoms with Gasteiger partial charge in [-0.2, -0.15) is 0 Å². The van der Waals surface area contributed by atoms with Crippen molar-refractivity contribution in [2.24, 2.45) is 11.3 Å². The molecular formula is C16H22N2O. The highest BCUT2D eigenvalue weighted by Gasteiger charge is 2.50. The van der Waals surface area contributed by atoms with Crippen LogP contribution in [0.4, 0.5) is 0 Å². The molecule has 1 amide bonds. The SMILES string of the molecule is CC1(C)CC1C(=O)NCC1NCCc2ccccc21. The van der Waals surface area contributed by atoms with Gasteiger partial charge < -0.3 is 10.6 Å². The van der Waals surface area contributed by atoms with E-state index in [9.17, 15) is 4.79 Å². The van der Waals surface area contributed by atoms with Crippen LogP contribution in [0, 0.1) is 11.3 Å². The molecule has 0 aromatic heterocycles. The van der Waals surface area contributed by atoms with E-state index in [2.05, 4.69) is 48.7 Å². The molecule has 0 saturated heterocycles. The number of amides is 1. The van der Waals surface area contributed by atoms with Gasteiger partial charge in [-0.3, -0.25) is 4.79 Å². The summed E-state index contributed by atoms with van der Waals surface area (Å²) < 4.78 is 0. The van der Waals surface area contributed by atoms with Crippen molar-refractivity contribution in [2.75, 3.05) is 13.1 Å². The van der Waals surface area contributed by atoms with Crippen LogP contribution >= 0.6 is 0 Å². The van der Waals surface area contributed by atoms with Crippen molar-refractivity contribution in [3.8, 4) is 0 Å². The summed E-state index contributed by atoms with van der Waals surface area (Å²) in [7, 11) is 0. The molecule has 1 aliphatic heterocycles. The number of hydrogen-bond acceptors (Lipinski definition) is 2. The van der Waals surface area contributed by atoms with Gasteiger partial charge in [-0.1, -0.05) is 38.1 Å². The molecule has 1 fully saturated rings. The molecule has 19 heavy (non-hydrogen) atoms. The van der Waals surface area contributed by atoms with Crippen molar-refractivity contribution < 1.29 is 4.79 Å². The second-order valence-corrected chi connectivity index (χ2v) is 6.45. The van der Waals surface area contributed by atoms with Gasteiger partial charge in [0.2, 0.25) is 5.91 Å². The van der Waals surface area contributed by atoms with Crippen LogP contribution in [-0.2, 0) is 11.2 Å². The average molecular weight is 258 g/mol. The first kappa shape index (κ1) is 12.7. The van der Waals surface area contributed by atoms with Crippen LogP contribution in [0.5, 0.6) is 0 Å². The number of hydrogen-bond donors (Lipinski definition) is 2. The highest BCUT2D eigenvalue weighted by molar-refractivity contribution is 5.82. The average Bonchev–Trinajstić information content (AvgIpc) is 3.05. The molecule has 3 rings (SSSR count). The Kier molecular flexibility index (Phi) is 3.09. The molecule has 0 spiro atoms. The summed E-state index contributed by atoms with van der Waals surface area (Å²) in [5.41, 5.74) is 2.96. The van der Waals surface area contributed by atoms with Gasteiger partial charge in [-0.15, -0.1) is 0 Å². The molecule has 3 heteroatoms. The Labute approximate surface area is 114 Å². The van der Waals surface area contributed by atoms with E-state index in [0.717, 1.165) is 19.4 Å². The fourth-order valence-electron chi connectivity index (χ4n) is 3.02. The maximum absolute atomic E-state index is 12.0. The van der Waals surface area contributed by atoms with E-state index < -0.39 is 0 Å². The number of nitrogens with one attached hydrogen (secondary N) is 2. The molecule has 2 aliphatic rings. The Bertz CT molecular complexity index is 495. The molecule has 102 valence electrons. The molecular weight excluding hydrogens is 236 g/mol. The van der Waals surface area contributed by atoms with Crippen LogP contribution in [0.3, 0.4) is 0 Å². The molecule has 1 saturated carbocycles. The van der Waals surface area contributed by atoms with E-state index in [1.54, 1.807) is 0 Å². The summed E-state index contributed by atoms with van der Waals surface area (Å²) in [6.07, 6.45) is 2.10. The second-order valence-electron chi connectivity index (χ2n) is 6.45. The summed E-state index contributed by atoms with van der Waals surface area (Å²) >= 11 is 0. The molecule has 1 aliphatic carbocycles. The second kappa shape index (κ2) is 4.64. The van der Waals surface area contributed by atoms with Gasteiger partial charge in [0.1, 0.15) is 0 Å².